The van der Waals surface area contributed by atoms with Gasteiger partial charge in [-0.2, -0.15) is 0 Å². The summed E-state index contributed by atoms with van der Waals surface area (Å²) in [5.41, 5.74) is 0.558. The fourth-order valence-corrected chi connectivity index (χ4v) is 2.24. The molecule has 1 saturated heterocycles. The number of benzene rings is 1. The molecule has 1 aromatic carbocycles. The summed E-state index contributed by atoms with van der Waals surface area (Å²) in [4.78, 5) is 24.3. The summed E-state index contributed by atoms with van der Waals surface area (Å²) in [6.07, 6.45) is 0. The molecule has 0 spiro atoms. The normalized spacial score (nSPS) is 17.8. The first-order valence-electron chi connectivity index (χ1n) is 6.74. The van der Waals surface area contributed by atoms with Crippen molar-refractivity contribution in [1.29, 1.82) is 0 Å². The molecule has 7 nitrogen and oxygen atoms in total. The first kappa shape index (κ1) is 15.1. The van der Waals surface area contributed by atoms with E-state index in [1.807, 2.05) is 0 Å². The topological polar surface area (TPSA) is 81.1 Å². The first-order valence-corrected chi connectivity index (χ1v) is 6.74. The Morgan fingerprint density at radius 1 is 1.38 bits per heavy atom. The van der Waals surface area contributed by atoms with E-state index in [0.29, 0.717) is 30.3 Å². The number of hydrogen-bond donors (Lipinski definition) is 3. The molecule has 2 rings (SSSR count). The highest BCUT2D eigenvalue weighted by atomic mass is 16.5. The van der Waals surface area contributed by atoms with Gasteiger partial charge in [-0.1, -0.05) is 0 Å². The molecule has 0 saturated carbocycles. The predicted octanol–water partition coefficient (Wildman–Crippen LogP) is -1.34. The Bertz CT molecular complexity index is 533. The molecule has 1 aromatic rings. The van der Waals surface area contributed by atoms with Crippen LogP contribution in [0.3, 0.4) is 0 Å². The number of carbonyl (C=O) groups is 2. The number of piperazine rings is 1. The monoisotopic (exact) mass is 294 g/mol. The minimum atomic E-state index is -0.161. The highest BCUT2D eigenvalue weighted by Gasteiger charge is 2.22. The lowest BCUT2D eigenvalue weighted by Crippen LogP contribution is -3.16. The number of hydrogen-bond acceptors (Lipinski definition) is 4. The fourth-order valence-electron chi connectivity index (χ4n) is 2.24. The van der Waals surface area contributed by atoms with Gasteiger partial charge in [0, 0.05) is 6.07 Å². The van der Waals surface area contributed by atoms with Crippen molar-refractivity contribution in [3.8, 4) is 11.5 Å². The summed E-state index contributed by atoms with van der Waals surface area (Å²) in [7, 11) is 3.10. The lowest BCUT2D eigenvalue weighted by atomic mass is 10.2. The molecule has 1 aliphatic rings. The maximum Gasteiger partial charge on any atom is 0.279 e. The van der Waals surface area contributed by atoms with Gasteiger partial charge in [-0.05, 0) is 12.1 Å². The zero-order chi connectivity index (χ0) is 15.2. The quantitative estimate of drug-likeness (QED) is 0.628. The number of quaternary nitrogens is 1. The van der Waals surface area contributed by atoms with Crippen LogP contribution in [-0.4, -0.2) is 52.2 Å². The average molecular weight is 294 g/mol. The zero-order valence-electron chi connectivity index (χ0n) is 12.2. The standard InChI is InChI=1S/C14H19N3O4/c1-20-10-3-4-12(21-2)11(7-10)16-14(19)9-17-6-5-15-13(18)8-17/h3-4,7H,5-6,8-9H2,1-2H3,(H,15,18)(H,16,19)/p+1. The molecule has 2 amide bonds. The van der Waals surface area contributed by atoms with Crippen LogP contribution >= 0.6 is 0 Å². The molecule has 1 aliphatic heterocycles. The van der Waals surface area contributed by atoms with E-state index in [2.05, 4.69) is 10.6 Å². The van der Waals surface area contributed by atoms with E-state index in [9.17, 15) is 9.59 Å². The number of anilines is 1. The van der Waals surface area contributed by atoms with Crippen molar-refractivity contribution in [3.63, 3.8) is 0 Å². The fraction of sp³-hybridized carbons (Fsp3) is 0.429. The van der Waals surface area contributed by atoms with Gasteiger partial charge >= 0.3 is 0 Å². The van der Waals surface area contributed by atoms with Crippen LogP contribution in [0.25, 0.3) is 0 Å². The third-order valence-corrected chi connectivity index (χ3v) is 3.30. The molecular weight excluding hydrogens is 274 g/mol. The summed E-state index contributed by atoms with van der Waals surface area (Å²) in [5.74, 6) is 1.01. The molecule has 1 unspecified atom stereocenters. The van der Waals surface area contributed by atoms with Crippen molar-refractivity contribution < 1.29 is 24.0 Å². The van der Waals surface area contributed by atoms with Crippen molar-refractivity contribution in [3.05, 3.63) is 18.2 Å². The van der Waals surface area contributed by atoms with Crippen LogP contribution in [0, 0.1) is 0 Å². The van der Waals surface area contributed by atoms with Crippen molar-refractivity contribution in [1.82, 2.24) is 5.32 Å². The van der Waals surface area contributed by atoms with Gasteiger partial charge in [-0.25, -0.2) is 0 Å². The van der Waals surface area contributed by atoms with E-state index in [0.717, 1.165) is 11.4 Å². The first-order chi connectivity index (χ1) is 10.1. The van der Waals surface area contributed by atoms with E-state index >= 15 is 0 Å². The molecule has 114 valence electrons. The highest BCUT2D eigenvalue weighted by molar-refractivity contribution is 5.93. The molecule has 21 heavy (non-hydrogen) atoms. The third-order valence-electron chi connectivity index (χ3n) is 3.30. The molecule has 1 fully saturated rings. The Balaban J connectivity index is 2.00. The van der Waals surface area contributed by atoms with Crippen LogP contribution in [0.2, 0.25) is 0 Å². The minimum absolute atomic E-state index is 0.0250. The lowest BCUT2D eigenvalue weighted by Gasteiger charge is -2.23. The Hall–Kier alpha value is -2.28. The molecule has 0 bridgehead atoms. The number of amides is 2. The molecule has 7 heteroatoms. The summed E-state index contributed by atoms with van der Waals surface area (Å²) in [6, 6.07) is 5.19. The van der Waals surface area contributed by atoms with Gasteiger partial charge in [0.2, 0.25) is 0 Å². The van der Waals surface area contributed by atoms with Gasteiger partial charge in [0.25, 0.3) is 11.8 Å². The third kappa shape index (κ3) is 4.09. The molecule has 0 aliphatic carbocycles. The van der Waals surface area contributed by atoms with Gasteiger partial charge < -0.3 is 25.0 Å². The number of nitrogens with one attached hydrogen (secondary N) is 3. The average Bonchev–Trinajstić information content (AvgIpc) is 2.47. The van der Waals surface area contributed by atoms with Gasteiger partial charge in [-0.15, -0.1) is 0 Å². The van der Waals surface area contributed by atoms with Crippen molar-refractivity contribution in [2.75, 3.05) is 45.7 Å². The number of carbonyl (C=O) groups excluding carboxylic acids is 2. The minimum Gasteiger partial charge on any atom is -0.497 e. The Kier molecular flexibility index (Phi) is 4.99. The van der Waals surface area contributed by atoms with Gasteiger partial charge in [0.05, 0.1) is 33.0 Å². The van der Waals surface area contributed by atoms with E-state index < -0.39 is 0 Å². The molecule has 0 aromatic heterocycles. The summed E-state index contributed by atoms with van der Waals surface area (Å²) in [6.45, 7) is 1.91. The van der Waals surface area contributed by atoms with Crippen LogP contribution in [0.5, 0.6) is 11.5 Å². The van der Waals surface area contributed by atoms with Crippen molar-refractivity contribution >= 4 is 17.5 Å². The Morgan fingerprint density at radius 2 is 2.19 bits per heavy atom. The molecule has 1 atom stereocenters. The summed E-state index contributed by atoms with van der Waals surface area (Å²) in [5, 5.41) is 5.54. The second-order valence-corrected chi connectivity index (χ2v) is 4.82. The number of methoxy groups -OCH3 is 2. The zero-order valence-corrected chi connectivity index (χ0v) is 12.2. The van der Waals surface area contributed by atoms with Crippen LogP contribution in [0.1, 0.15) is 0 Å². The maximum atomic E-state index is 12.1. The summed E-state index contributed by atoms with van der Waals surface area (Å²) >= 11 is 0. The van der Waals surface area contributed by atoms with E-state index in [-0.39, 0.29) is 18.4 Å². The van der Waals surface area contributed by atoms with E-state index in [4.69, 9.17) is 9.47 Å². The van der Waals surface area contributed by atoms with Crippen molar-refractivity contribution in [2.45, 2.75) is 0 Å². The van der Waals surface area contributed by atoms with Crippen LogP contribution in [-0.2, 0) is 9.59 Å². The highest BCUT2D eigenvalue weighted by Crippen LogP contribution is 2.28. The van der Waals surface area contributed by atoms with Gasteiger partial charge in [-0.3, -0.25) is 9.59 Å². The Labute approximate surface area is 123 Å². The van der Waals surface area contributed by atoms with Gasteiger partial charge in [0.1, 0.15) is 11.5 Å². The maximum absolute atomic E-state index is 12.1. The Morgan fingerprint density at radius 3 is 2.86 bits per heavy atom. The molecule has 3 N–H and O–H groups in total. The molecule has 0 radical (unpaired) electrons. The lowest BCUT2D eigenvalue weighted by molar-refractivity contribution is -0.885. The second-order valence-electron chi connectivity index (χ2n) is 4.82. The number of rotatable bonds is 5. The van der Waals surface area contributed by atoms with Crippen LogP contribution < -0.4 is 25.0 Å². The largest absolute Gasteiger partial charge is 0.497 e. The SMILES string of the molecule is COc1ccc(OC)c(NC(=O)C[NH+]2CCNC(=O)C2)c1. The smallest absolute Gasteiger partial charge is 0.279 e. The number of ether oxygens (including phenoxy) is 2. The van der Waals surface area contributed by atoms with E-state index in [1.165, 1.54) is 7.11 Å². The predicted molar refractivity (Wildman–Crippen MR) is 76.7 cm³/mol. The second kappa shape index (κ2) is 6.94. The summed E-state index contributed by atoms with van der Waals surface area (Å²) < 4.78 is 10.3. The van der Waals surface area contributed by atoms with Crippen molar-refractivity contribution in [2.24, 2.45) is 0 Å². The molecular formula is C14H20N3O4+. The van der Waals surface area contributed by atoms with Crippen LogP contribution in [0.15, 0.2) is 18.2 Å². The van der Waals surface area contributed by atoms with Gasteiger partial charge in [0.15, 0.2) is 13.1 Å². The molecule has 1 heterocycles. The van der Waals surface area contributed by atoms with Crippen LogP contribution in [0.4, 0.5) is 5.69 Å². The van der Waals surface area contributed by atoms with E-state index in [1.54, 1.807) is 25.3 Å².